The third kappa shape index (κ3) is 5.00. The number of nitrogens with one attached hydrogen (secondary N) is 2. The van der Waals surface area contributed by atoms with Gasteiger partial charge in [0, 0.05) is 23.9 Å². The summed E-state index contributed by atoms with van der Waals surface area (Å²) in [4.78, 5) is 24.3. The molecule has 25 heavy (non-hydrogen) atoms. The average Bonchev–Trinajstić information content (AvgIpc) is 2.66. The first-order valence-corrected chi connectivity index (χ1v) is 9.12. The monoisotopic (exact) mass is 358 g/mol. The molecule has 6 heteroatoms. The second-order valence-electron chi connectivity index (χ2n) is 5.28. The highest BCUT2D eigenvalue weighted by Gasteiger charge is 2.13. The molecule has 0 atom stereocenters. The molecule has 5 nitrogen and oxygen atoms in total. The van der Waals surface area contributed by atoms with Crippen LogP contribution in [0.4, 0.5) is 5.69 Å². The lowest BCUT2D eigenvalue weighted by Crippen LogP contribution is -2.19. The number of amides is 2. The van der Waals surface area contributed by atoms with Gasteiger partial charge in [-0.05, 0) is 41.6 Å². The van der Waals surface area contributed by atoms with Gasteiger partial charge in [-0.15, -0.1) is 0 Å². The Morgan fingerprint density at radius 3 is 2.32 bits per heavy atom. The van der Waals surface area contributed by atoms with Crippen molar-refractivity contribution in [3.05, 3.63) is 59.2 Å². The van der Waals surface area contributed by atoms with Crippen molar-refractivity contribution >= 4 is 29.3 Å². The van der Waals surface area contributed by atoms with Crippen molar-refractivity contribution in [2.24, 2.45) is 0 Å². The van der Waals surface area contributed by atoms with Crippen LogP contribution >= 0.6 is 11.8 Å². The highest BCUT2D eigenvalue weighted by atomic mass is 32.2. The van der Waals surface area contributed by atoms with Crippen LogP contribution in [0.25, 0.3) is 0 Å². The molecule has 0 saturated carbocycles. The molecule has 0 saturated heterocycles. The smallest absolute Gasteiger partial charge is 0.255 e. The summed E-state index contributed by atoms with van der Waals surface area (Å²) in [7, 11) is 3.08. The summed E-state index contributed by atoms with van der Waals surface area (Å²) in [6.07, 6.45) is 0. The van der Waals surface area contributed by atoms with Gasteiger partial charge >= 0.3 is 0 Å². The van der Waals surface area contributed by atoms with Crippen LogP contribution in [-0.2, 0) is 5.75 Å². The fraction of sp³-hybridized carbons (Fsp3) is 0.263. The lowest BCUT2D eigenvalue weighted by atomic mass is 10.1. The van der Waals surface area contributed by atoms with E-state index in [4.69, 9.17) is 4.74 Å². The van der Waals surface area contributed by atoms with Crippen molar-refractivity contribution in [3.8, 4) is 5.75 Å². The van der Waals surface area contributed by atoms with Crippen LogP contribution in [0.5, 0.6) is 5.75 Å². The van der Waals surface area contributed by atoms with Crippen LogP contribution in [0.1, 0.15) is 33.2 Å². The van der Waals surface area contributed by atoms with Gasteiger partial charge in [0.2, 0.25) is 0 Å². The molecule has 132 valence electrons. The van der Waals surface area contributed by atoms with Crippen LogP contribution in [-0.4, -0.2) is 31.7 Å². The molecule has 0 radical (unpaired) electrons. The van der Waals surface area contributed by atoms with E-state index in [9.17, 15) is 9.59 Å². The molecule has 0 fully saturated rings. The number of hydrogen-bond donors (Lipinski definition) is 2. The summed E-state index contributed by atoms with van der Waals surface area (Å²) in [5.74, 6) is 2.01. The van der Waals surface area contributed by atoms with Crippen molar-refractivity contribution in [3.63, 3.8) is 0 Å². The topological polar surface area (TPSA) is 67.4 Å². The number of hydrogen-bond acceptors (Lipinski definition) is 4. The minimum absolute atomic E-state index is 0.226. The van der Waals surface area contributed by atoms with Crippen molar-refractivity contribution in [1.29, 1.82) is 0 Å². The molecule has 2 amide bonds. The van der Waals surface area contributed by atoms with Crippen LogP contribution in [0.2, 0.25) is 0 Å². The Labute approximate surface area is 152 Å². The molecule has 0 aliphatic heterocycles. The van der Waals surface area contributed by atoms with E-state index >= 15 is 0 Å². The summed E-state index contributed by atoms with van der Waals surface area (Å²) < 4.78 is 5.26. The van der Waals surface area contributed by atoms with Crippen molar-refractivity contribution < 1.29 is 14.3 Å². The Balaban J connectivity index is 2.17. The molecule has 2 N–H and O–H groups in total. The summed E-state index contributed by atoms with van der Waals surface area (Å²) in [5, 5.41) is 5.37. The predicted octanol–water partition coefficient (Wildman–Crippen LogP) is 3.56. The van der Waals surface area contributed by atoms with E-state index in [0.29, 0.717) is 22.6 Å². The Kier molecular flexibility index (Phi) is 6.89. The van der Waals surface area contributed by atoms with Gasteiger partial charge in [0.25, 0.3) is 11.8 Å². The highest BCUT2D eigenvalue weighted by molar-refractivity contribution is 7.98. The second kappa shape index (κ2) is 9.13. The van der Waals surface area contributed by atoms with Gasteiger partial charge in [-0.25, -0.2) is 0 Å². The van der Waals surface area contributed by atoms with Crippen LogP contribution in [0, 0.1) is 0 Å². The predicted molar refractivity (Wildman–Crippen MR) is 103 cm³/mol. The van der Waals surface area contributed by atoms with E-state index < -0.39 is 0 Å². The molecular formula is C19H22N2O3S. The molecule has 0 bridgehead atoms. The minimum Gasteiger partial charge on any atom is -0.495 e. The standard InChI is InChI=1S/C19H22N2O3S/c1-4-25-12-13-5-7-14(8-6-13)19(23)21-16-11-15(18(22)20-2)9-10-17(16)24-3/h5-11H,4,12H2,1-3H3,(H,20,22)(H,21,23). The second-order valence-corrected chi connectivity index (χ2v) is 6.56. The molecule has 2 aromatic rings. The maximum Gasteiger partial charge on any atom is 0.255 e. The van der Waals surface area contributed by atoms with Gasteiger partial charge in [-0.2, -0.15) is 11.8 Å². The van der Waals surface area contributed by atoms with E-state index in [1.807, 2.05) is 23.9 Å². The van der Waals surface area contributed by atoms with E-state index in [2.05, 4.69) is 17.6 Å². The first-order valence-electron chi connectivity index (χ1n) is 7.97. The SMILES string of the molecule is CCSCc1ccc(C(=O)Nc2cc(C(=O)NC)ccc2OC)cc1. The van der Waals surface area contributed by atoms with E-state index in [-0.39, 0.29) is 11.8 Å². The summed E-state index contributed by atoms with van der Waals surface area (Å²) in [6.45, 7) is 2.12. The van der Waals surface area contributed by atoms with Gasteiger partial charge in [0.05, 0.1) is 12.8 Å². The molecule has 2 aromatic carbocycles. The number of anilines is 1. The van der Waals surface area contributed by atoms with Gasteiger partial charge in [0.1, 0.15) is 5.75 Å². The molecular weight excluding hydrogens is 336 g/mol. The molecule has 0 aliphatic carbocycles. The molecule has 0 heterocycles. The van der Waals surface area contributed by atoms with Gasteiger partial charge in [-0.3, -0.25) is 9.59 Å². The normalized spacial score (nSPS) is 10.2. The lowest BCUT2D eigenvalue weighted by molar-refractivity contribution is 0.0961. The van der Waals surface area contributed by atoms with Crippen molar-refractivity contribution in [1.82, 2.24) is 5.32 Å². The van der Waals surface area contributed by atoms with E-state index in [1.165, 1.54) is 12.7 Å². The summed E-state index contributed by atoms with van der Waals surface area (Å²) in [6, 6.07) is 12.4. The van der Waals surface area contributed by atoms with Gasteiger partial charge < -0.3 is 15.4 Å². The Morgan fingerprint density at radius 2 is 1.72 bits per heavy atom. The van der Waals surface area contributed by atoms with Crippen LogP contribution in [0.3, 0.4) is 0 Å². The number of carbonyl (C=O) groups excluding carboxylic acids is 2. The lowest BCUT2D eigenvalue weighted by Gasteiger charge is -2.12. The number of methoxy groups -OCH3 is 1. The molecule has 0 aromatic heterocycles. The molecule has 0 spiro atoms. The van der Waals surface area contributed by atoms with Crippen molar-refractivity contribution in [2.75, 3.05) is 25.2 Å². The number of ether oxygens (including phenoxy) is 1. The van der Waals surface area contributed by atoms with E-state index in [0.717, 1.165) is 11.5 Å². The fourth-order valence-corrected chi connectivity index (χ4v) is 2.89. The summed E-state index contributed by atoms with van der Waals surface area (Å²) in [5.41, 5.74) is 2.64. The third-order valence-corrected chi connectivity index (χ3v) is 4.57. The zero-order valence-corrected chi connectivity index (χ0v) is 15.4. The first-order chi connectivity index (χ1) is 12.1. The number of benzene rings is 2. The number of rotatable bonds is 7. The molecule has 0 aliphatic rings. The maximum atomic E-state index is 12.5. The third-order valence-electron chi connectivity index (χ3n) is 3.63. The summed E-state index contributed by atoms with van der Waals surface area (Å²) >= 11 is 1.83. The first kappa shape index (κ1) is 18.9. The Bertz CT molecular complexity index is 745. The maximum absolute atomic E-state index is 12.5. The fourth-order valence-electron chi connectivity index (χ4n) is 2.26. The minimum atomic E-state index is -0.248. The zero-order valence-electron chi connectivity index (χ0n) is 14.6. The number of thioether (sulfide) groups is 1. The van der Waals surface area contributed by atoms with Crippen LogP contribution in [0.15, 0.2) is 42.5 Å². The zero-order chi connectivity index (χ0) is 18.2. The quantitative estimate of drug-likeness (QED) is 0.794. The Morgan fingerprint density at radius 1 is 1.04 bits per heavy atom. The van der Waals surface area contributed by atoms with Gasteiger partial charge in [0.15, 0.2) is 0 Å². The van der Waals surface area contributed by atoms with E-state index in [1.54, 1.807) is 37.4 Å². The number of carbonyl (C=O) groups is 2. The van der Waals surface area contributed by atoms with Crippen LogP contribution < -0.4 is 15.4 Å². The molecule has 0 unspecified atom stereocenters. The largest absolute Gasteiger partial charge is 0.495 e. The Hall–Kier alpha value is -2.47. The highest BCUT2D eigenvalue weighted by Crippen LogP contribution is 2.26. The molecule has 2 rings (SSSR count). The van der Waals surface area contributed by atoms with Gasteiger partial charge in [-0.1, -0.05) is 19.1 Å². The van der Waals surface area contributed by atoms with Crippen molar-refractivity contribution in [2.45, 2.75) is 12.7 Å². The average molecular weight is 358 g/mol.